The van der Waals surface area contributed by atoms with E-state index in [1.54, 1.807) is 0 Å². The number of rotatable bonds is 12. The quantitative estimate of drug-likeness (QED) is 0.0389. The zero-order valence-electron chi connectivity index (χ0n) is 29.2. The van der Waals surface area contributed by atoms with E-state index in [2.05, 4.69) is 13.5 Å². The van der Waals surface area contributed by atoms with Crippen molar-refractivity contribution in [2.75, 3.05) is 0 Å². The zero-order valence-corrected chi connectivity index (χ0v) is 33.4. The monoisotopic (exact) mass is 916 g/mol. The number of para-hydroxylation sites is 6. The summed E-state index contributed by atoms with van der Waals surface area (Å²) < 4.78 is 94.0. The SMILES string of the molecule is C=C[CH2-].O=S(=O)([O-])C(F)(F)F.[Pd+2].c1ccc(OP(Oc2ccccc2)Oc2ccccc2)cc1.c1ccc(OP(Oc2ccccc2)Oc2ccccc2)cc1. The summed E-state index contributed by atoms with van der Waals surface area (Å²) in [5, 5.41) is 0. The Morgan fingerprint density at radius 3 is 0.696 bits per heavy atom. The van der Waals surface area contributed by atoms with Crippen LogP contribution in [0.5, 0.6) is 34.5 Å². The topological polar surface area (TPSA) is 113 Å². The van der Waals surface area contributed by atoms with Gasteiger partial charge in [-0.25, -0.2) is 28.0 Å². The third-order valence-electron chi connectivity index (χ3n) is 5.82. The van der Waals surface area contributed by atoms with E-state index in [9.17, 15) is 13.2 Å². The zero-order chi connectivity index (χ0) is 39.8. The predicted molar refractivity (Wildman–Crippen MR) is 208 cm³/mol. The van der Waals surface area contributed by atoms with Crippen molar-refractivity contribution >= 4 is 27.3 Å². The van der Waals surface area contributed by atoms with Crippen LogP contribution in [0.3, 0.4) is 0 Å². The van der Waals surface area contributed by atoms with Gasteiger partial charge in [0.05, 0.1) is 0 Å². The Morgan fingerprint density at radius 2 is 0.589 bits per heavy atom. The molecule has 6 rings (SSSR count). The van der Waals surface area contributed by atoms with Gasteiger partial charge in [0.15, 0.2) is 10.1 Å². The van der Waals surface area contributed by atoms with Crippen LogP contribution in [0.25, 0.3) is 0 Å². The van der Waals surface area contributed by atoms with Gasteiger partial charge in [-0.05, 0) is 72.8 Å². The fourth-order valence-electron chi connectivity index (χ4n) is 3.52. The largest absolute Gasteiger partial charge is 2.00 e. The van der Waals surface area contributed by atoms with Gasteiger partial charge in [0.25, 0.3) is 0 Å². The molecule has 0 aliphatic carbocycles. The Kier molecular flexibility index (Phi) is 21.8. The van der Waals surface area contributed by atoms with Crippen molar-refractivity contribution in [1.29, 1.82) is 0 Å². The van der Waals surface area contributed by atoms with Gasteiger partial charge in [-0.1, -0.05) is 109 Å². The number of allylic oxidation sites excluding steroid dienone is 1. The fraction of sp³-hybridized carbons (Fsp3) is 0.0250. The molecule has 0 unspecified atom stereocenters. The van der Waals surface area contributed by atoms with Crippen LogP contribution in [0.2, 0.25) is 0 Å². The van der Waals surface area contributed by atoms with Crippen molar-refractivity contribution in [2.24, 2.45) is 0 Å². The molecule has 16 heteroatoms. The van der Waals surface area contributed by atoms with E-state index in [-0.39, 0.29) is 20.4 Å². The van der Waals surface area contributed by atoms with E-state index >= 15 is 0 Å². The first-order valence-corrected chi connectivity index (χ1v) is 19.5. The summed E-state index contributed by atoms with van der Waals surface area (Å²) in [7, 11) is -9.27. The van der Waals surface area contributed by atoms with E-state index < -0.39 is 32.8 Å². The summed E-state index contributed by atoms with van der Waals surface area (Å²) in [6, 6.07) is 57.0. The Hall–Kier alpha value is -5.05. The van der Waals surface area contributed by atoms with E-state index in [0.29, 0.717) is 34.5 Å². The molecule has 0 aromatic heterocycles. The van der Waals surface area contributed by atoms with Crippen molar-refractivity contribution in [3.05, 3.63) is 202 Å². The molecule has 0 N–H and O–H groups in total. The molecule has 0 heterocycles. The first kappa shape index (κ1) is 47.1. The predicted octanol–water partition coefficient (Wildman–Crippen LogP) is 12.0. The maximum Gasteiger partial charge on any atom is 2.00 e. The maximum absolute atomic E-state index is 10.7. The average molecular weight is 917 g/mol. The Balaban J connectivity index is 0.000000303. The van der Waals surface area contributed by atoms with Gasteiger partial charge in [0.1, 0.15) is 34.5 Å². The van der Waals surface area contributed by atoms with Crippen LogP contribution in [0.4, 0.5) is 13.2 Å². The Bertz CT molecular complexity index is 1690. The first-order chi connectivity index (χ1) is 26.5. The summed E-state index contributed by atoms with van der Waals surface area (Å²) in [6.45, 7) is 6.50. The van der Waals surface area contributed by atoms with Crippen LogP contribution in [-0.4, -0.2) is 18.5 Å². The molecule has 0 aliphatic heterocycles. The van der Waals surface area contributed by atoms with E-state index in [1.165, 1.54) is 6.08 Å². The Morgan fingerprint density at radius 1 is 0.464 bits per heavy atom. The number of benzene rings is 6. The van der Waals surface area contributed by atoms with Crippen LogP contribution in [0, 0.1) is 6.92 Å². The summed E-state index contributed by atoms with van der Waals surface area (Å²) >= 11 is 0. The van der Waals surface area contributed by atoms with Crippen LogP contribution in [-0.2, 0) is 30.5 Å². The molecule has 9 nitrogen and oxygen atoms in total. The number of hydrogen-bond donors (Lipinski definition) is 0. The van der Waals surface area contributed by atoms with Crippen LogP contribution < -0.4 is 27.1 Å². The summed E-state index contributed by atoms with van der Waals surface area (Å²) in [5.74, 6) is 4.25. The second-order valence-electron chi connectivity index (χ2n) is 10.1. The summed E-state index contributed by atoms with van der Waals surface area (Å²) in [6.07, 6.45) is 1.50. The molecular formula is C40H35F3O9P2PdS. The molecule has 0 atom stereocenters. The van der Waals surface area contributed by atoms with Crippen LogP contribution >= 0.6 is 17.2 Å². The molecule has 0 spiro atoms. The third-order valence-corrected chi connectivity index (χ3v) is 8.55. The first-order valence-electron chi connectivity index (χ1n) is 15.9. The fourth-order valence-corrected chi connectivity index (χ4v) is 5.50. The van der Waals surface area contributed by atoms with Gasteiger partial charge in [-0.2, -0.15) is 13.2 Å². The number of halogens is 3. The molecule has 296 valence electrons. The van der Waals surface area contributed by atoms with E-state index in [1.807, 2.05) is 182 Å². The average Bonchev–Trinajstić information content (AvgIpc) is 3.17. The standard InChI is InChI=1S/2C18H15O3P.C3H5.CHF3O3S.Pd/c2*1-4-10-16(11-5-1)19-22(20-17-12-6-2-7-13-17)21-18-14-8-3-9-15-18;1-3-2;2-1(3,4)8(5,6)7;/h2*1-15H;3H,1-2H2;(H,5,6,7);/q;;-1;;+2/p-1. The van der Waals surface area contributed by atoms with Crippen LogP contribution in [0.15, 0.2) is 195 Å². The van der Waals surface area contributed by atoms with Crippen molar-refractivity contribution in [3.63, 3.8) is 0 Å². The van der Waals surface area contributed by atoms with E-state index in [4.69, 9.17) is 40.1 Å². The summed E-state index contributed by atoms with van der Waals surface area (Å²) in [5.41, 5.74) is -5.65. The second-order valence-corrected chi connectivity index (χ2v) is 13.4. The summed E-state index contributed by atoms with van der Waals surface area (Å²) in [4.78, 5) is 0. The Labute approximate surface area is 341 Å². The minimum Gasteiger partial charge on any atom is -0.741 e. The molecule has 6 aromatic rings. The molecule has 56 heavy (non-hydrogen) atoms. The molecule has 6 aromatic carbocycles. The van der Waals surface area contributed by atoms with Gasteiger partial charge in [0.2, 0.25) is 0 Å². The second kappa shape index (κ2) is 25.9. The van der Waals surface area contributed by atoms with Crippen molar-refractivity contribution in [1.82, 2.24) is 0 Å². The van der Waals surface area contributed by atoms with Gasteiger partial charge in [-0.15, -0.1) is 0 Å². The van der Waals surface area contributed by atoms with Crippen molar-refractivity contribution in [2.45, 2.75) is 5.51 Å². The molecule has 0 aliphatic rings. The van der Waals surface area contributed by atoms with Gasteiger partial charge < -0.3 is 31.7 Å². The number of hydrogen-bond acceptors (Lipinski definition) is 9. The third kappa shape index (κ3) is 19.5. The minimum atomic E-state index is -6.09. The van der Waals surface area contributed by atoms with Crippen molar-refractivity contribution < 1.29 is 73.7 Å². The molecule has 0 saturated heterocycles. The molecule has 0 bridgehead atoms. The molecule has 0 fully saturated rings. The van der Waals surface area contributed by atoms with E-state index in [0.717, 1.165) is 0 Å². The maximum atomic E-state index is 10.7. The minimum absolute atomic E-state index is 0. The number of alkyl halides is 3. The molecular weight excluding hydrogens is 882 g/mol. The van der Waals surface area contributed by atoms with Crippen LogP contribution in [0.1, 0.15) is 0 Å². The molecule has 0 amide bonds. The van der Waals surface area contributed by atoms with Gasteiger partial charge in [-0.3, -0.25) is 0 Å². The van der Waals surface area contributed by atoms with Gasteiger partial charge in [0, 0.05) is 0 Å². The smallest absolute Gasteiger partial charge is 0.741 e. The van der Waals surface area contributed by atoms with Gasteiger partial charge >= 0.3 is 43.1 Å². The normalized spacial score (nSPS) is 10.2. The molecule has 0 saturated carbocycles. The molecule has 0 radical (unpaired) electrons. The van der Waals surface area contributed by atoms with Crippen molar-refractivity contribution in [3.8, 4) is 34.5 Å².